The van der Waals surface area contributed by atoms with Crippen LogP contribution in [0.5, 0.6) is 5.88 Å². The molecule has 0 bridgehead atoms. The Bertz CT molecular complexity index is 809. The number of carbonyl (C=O) groups is 1. The molecule has 2 heterocycles. The lowest BCUT2D eigenvalue weighted by Gasteiger charge is -2.21. The van der Waals surface area contributed by atoms with Gasteiger partial charge in [0.2, 0.25) is 5.88 Å². The fourth-order valence-corrected chi connectivity index (χ4v) is 3.89. The van der Waals surface area contributed by atoms with Crippen molar-refractivity contribution in [2.45, 2.75) is 30.0 Å². The molecule has 0 saturated carbocycles. The summed E-state index contributed by atoms with van der Waals surface area (Å²) < 4.78 is 46.4. The highest BCUT2D eigenvalue weighted by molar-refractivity contribution is 7.99. The van der Waals surface area contributed by atoms with E-state index in [1.165, 1.54) is 18.3 Å². The highest BCUT2D eigenvalue weighted by Gasteiger charge is 2.28. The molecule has 2 aromatic rings. The Hall–Kier alpha value is -2.26. The fourth-order valence-electron chi connectivity index (χ4n) is 2.75. The third-order valence-electron chi connectivity index (χ3n) is 4.22. The molecule has 1 aromatic carbocycles. The number of benzene rings is 1. The molecule has 1 aliphatic heterocycles. The number of amides is 1. The monoisotopic (exact) mass is 426 g/mol. The summed E-state index contributed by atoms with van der Waals surface area (Å²) in [6.07, 6.45) is -1.15. The summed E-state index contributed by atoms with van der Waals surface area (Å²) in [5, 5.41) is 3.37. The number of rotatable bonds is 7. The van der Waals surface area contributed by atoms with Crippen molar-refractivity contribution in [3.63, 3.8) is 0 Å². The fraction of sp³-hybridized carbons (Fsp3) is 0.400. The predicted octanol–water partition coefficient (Wildman–Crippen LogP) is 4.69. The lowest BCUT2D eigenvalue weighted by molar-refractivity contribution is -0.154. The summed E-state index contributed by atoms with van der Waals surface area (Å²) in [4.78, 5) is 16.1. The number of carbonyl (C=O) groups excluding carboxylic acids is 1. The zero-order valence-corrected chi connectivity index (χ0v) is 16.4. The molecule has 1 aromatic heterocycles. The molecule has 1 amide bonds. The van der Waals surface area contributed by atoms with Gasteiger partial charge in [-0.1, -0.05) is 12.1 Å². The Kier molecular flexibility index (Phi) is 7.38. The molecule has 0 aliphatic carbocycles. The van der Waals surface area contributed by atoms with Crippen molar-refractivity contribution in [3.8, 4) is 5.88 Å². The van der Waals surface area contributed by atoms with E-state index in [1.807, 2.05) is 30.0 Å². The van der Waals surface area contributed by atoms with Crippen molar-refractivity contribution in [3.05, 3.63) is 53.7 Å². The molecular formula is C20H21F3N2O3S. The van der Waals surface area contributed by atoms with E-state index >= 15 is 0 Å². The van der Waals surface area contributed by atoms with Gasteiger partial charge in [-0.2, -0.15) is 24.9 Å². The number of aromatic nitrogens is 1. The number of thioether (sulfide) groups is 1. The molecule has 1 fully saturated rings. The summed E-state index contributed by atoms with van der Waals surface area (Å²) >= 11 is 1.89. The molecule has 0 unspecified atom stereocenters. The second kappa shape index (κ2) is 9.98. The summed E-state index contributed by atoms with van der Waals surface area (Å²) in [7, 11) is 0. The zero-order valence-electron chi connectivity index (χ0n) is 15.6. The maximum absolute atomic E-state index is 12.4. The van der Waals surface area contributed by atoms with Gasteiger partial charge in [0, 0.05) is 42.2 Å². The van der Waals surface area contributed by atoms with Crippen LogP contribution in [-0.4, -0.2) is 42.1 Å². The van der Waals surface area contributed by atoms with Crippen LogP contribution in [0.15, 0.2) is 42.6 Å². The van der Waals surface area contributed by atoms with Crippen LogP contribution in [0.3, 0.4) is 0 Å². The first-order valence-electron chi connectivity index (χ1n) is 9.14. The van der Waals surface area contributed by atoms with E-state index in [4.69, 9.17) is 4.74 Å². The minimum absolute atomic E-state index is 0.189. The van der Waals surface area contributed by atoms with Crippen molar-refractivity contribution >= 4 is 23.4 Å². The number of pyridine rings is 1. The third kappa shape index (κ3) is 7.25. The number of anilines is 1. The minimum Gasteiger partial charge on any atom is -0.468 e. The van der Waals surface area contributed by atoms with Gasteiger partial charge in [-0.25, -0.2) is 4.98 Å². The maximum Gasteiger partial charge on any atom is 0.422 e. The van der Waals surface area contributed by atoms with E-state index in [1.54, 1.807) is 6.07 Å². The van der Waals surface area contributed by atoms with Crippen molar-refractivity contribution in [1.82, 2.24) is 4.98 Å². The van der Waals surface area contributed by atoms with E-state index in [0.29, 0.717) is 10.9 Å². The van der Waals surface area contributed by atoms with Gasteiger partial charge >= 0.3 is 6.18 Å². The maximum atomic E-state index is 12.4. The Labute approximate surface area is 171 Å². The molecule has 5 nitrogen and oxygen atoms in total. The Balaban J connectivity index is 1.53. The molecule has 3 rings (SSSR count). The summed E-state index contributed by atoms with van der Waals surface area (Å²) in [5.41, 5.74) is 1.98. The normalized spacial score (nSPS) is 15.1. The van der Waals surface area contributed by atoms with Crippen molar-refractivity contribution in [1.29, 1.82) is 0 Å². The van der Waals surface area contributed by atoms with Gasteiger partial charge < -0.3 is 14.8 Å². The molecule has 0 atom stereocenters. The molecule has 1 aliphatic rings. The van der Waals surface area contributed by atoms with Crippen LogP contribution in [0.2, 0.25) is 0 Å². The number of halogens is 3. The number of nitrogens with zero attached hydrogens (tertiary/aromatic N) is 1. The van der Waals surface area contributed by atoms with Crippen LogP contribution in [0.4, 0.5) is 18.9 Å². The smallest absolute Gasteiger partial charge is 0.422 e. The molecule has 0 spiro atoms. The van der Waals surface area contributed by atoms with Gasteiger partial charge in [0.15, 0.2) is 6.61 Å². The molecule has 9 heteroatoms. The second-order valence-corrected chi connectivity index (χ2v) is 7.85. The Morgan fingerprint density at radius 1 is 1.24 bits per heavy atom. The minimum atomic E-state index is -4.44. The van der Waals surface area contributed by atoms with Crippen LogP contribution >= 0.6 is 11.8 Å². The zero-order chi connectivity index (χ0) is 20.7. The first kappa shape index (κ1) is 21.4. The van der Waals surface area contributed by atoms with Gasteiger partial charge in [-0.15, -0.1) is 0 Å². The molecule has 1 N–H and O–H groups in total. The van der Waals surface area contributed by atoms with E-state index in [9.17, 15) is 18.0 Å². The molecular weight excluding hydrogens is 405 g/mol. The first-order chi connectivity index (χ1) is 13.9. The van der Waals surface area contributed by atoms with E-state index in [0.717, 1.165) is 37.4 Å². The van der Waals surface area contributed by atoms with E-state index in [2.05, 4.69) is 15.0 Å². The molecule has 0 radical (unpaired) electrons. The van der Waals surface area contributed by atoms with Gasteiger partial charge in [-0.05, 0) is 36.6 Å². The van der Waals surface area contributed by atoms with Crippen LogP contribution < -0.4 is 10.1 Å². The summed E-state index contributed by atoms with van der Waals surface area (Å²) in [6.45, 7) is 0.188. The topological polar surface area (TPSA) is 60.5 Å². The molecule has 29 heavy (non-hydrogen) atoms. The predicted molar refractivity (Wildman–Crippen MR) is 105 cm³/mol. The standard InChI is InChI=1S/C20H21F3N2O3S/c21-20(22,23)13-28-18-5-4-15(11-24-18)19(26)25-16-3-1-2-14(10-16)12-29-17-6-8-27-9-7-17/h1-5,10-11,17H,6-9,12-13H2,(H,25,26). The Morgan fingerprint density at radius 3 is 2.72 bits per heavy atom. The highest BCUT2D eigenvalue weighted by atomic mass is 32.2. The van der Waals surface area contributed by atoms with Crippen molar-refractivity contribution in [2.24, 2.45) is 0 Å². The average molecular weight is 426 g/mol. The highest BCUT2D eigenvalue weighted by Crippen LogP contribution is 2.26. The summed E-state index contributed by atoms with van der Waals surface area (Å²) in [5.74, 6) is 0.265. The van der Waals surface area contributed by atoms with Crippen LogP contribution in [0, 0.1) is 0 Å². The number of alkyl halides is 3. The van der Waals surface area contributed by atoms with Gasteiger partial charge in [0.05, 0.1) is 5.56 Å². The third-order valence-corrected chi connectivity index (χ3v) is 5.66. The lowest BCUT2D eigenvalue weighted by atomic mass is 10.2. The van der Waals surface area contributed by atoms with Crippen LogP contribution in [-0.2, 0) is 10.5 Å². The number of hydrogen-bond acceptors (Lipinski definition) is 5. The van der Waals surface area contributed by atoms with Crippen LogP contribution in [0.25, 0.3) is 0 Å². The van der Waals surface area contributed by atoms with Gasteiger partial charge in [-0.3, -0.25) is 4.79 Å². The first-order valence-corrected chi connectivity index (χ1v) is 10.2. The van der Waals surface area contributed by atoms with E-state index in [-0.39, 0.29) is 11.4 Å². The quantitative estimate of drug-likeness (QED) is 0.696. The number of hydrogen-bond donors (Lipinski definition) is 1. The van der Waals surface area contributed by atoms with E-state index < -0.39 is 18.7 Å². The lowest BCUT2D eigenvalue weighted by Crippen LogP contribution is -2.19. The van der Waals surface area contributed by atoms with Gasteiger partial charge in [0.1, 0.15) is 0 Å². The average Bonchev–Trinajstić information content (AvgIpc) is 2.72. The van der Waals surface area contributed by atoms with Crippen molar-refractivity contribution < 1.29 is 27.4 Å². The SMILES string of the molecule is O=C(Nc1cccc(CSC2CCOCC2)c1)c1ccc(OCC(F)(F)F)nc1. The van der Waals surface area contributed by atoms with Crippen LogP contribution in [0.1, 0.15) is 28.8 Å². The Morgan fingerprint density at radius 2 is 2.03 bits per heavy atom. The largest absolute Gasteiger partial charge is 0.468 e. The molecule has 1 saturated heterocycles. The second-order valence-electron chi connectivity index (χ2n) is 6.57. The molecule has 156 valence electrons. The van der Waals surface area contributed by atoms with Gasteiger partial charge in [0.25, 0.3) is 5.91 Å². The van der Waals surface area contributed by atoms with Crippen molar-refractivity contribution in [2.75, 3.05) is 25.1 Å². The number of nitrogens with one attached hydrogen (secondary N) is 1. The summed E-state index contributed by atoms with van der Waals surface area (Å²) in [6, 6.07) is 10.2. The number of ether oxygens (including phenoxy) is 2.